The predicted octanol–water partition coefficient (Wildman–Crippen LogP) is 1.61. The van der Waals surface area contributed by atoms with Gasteiger partial charge in [-0.05, 0) is 24.1 Å². The van der Waals surface area contributed by atoms with Gasteiger partial charge in [-0.25, -0.2) is 5.01 Å². The van der Waals surface area contributed by atoms with Crippen LogP contribution in [0.15, 0.2) is 24.3 Å². The van der Waals surface area contributed by atoms with E-state index in [1.165, 1.54) is 5.56 Å². The van der Waals surface area contributed by atoms with E-state index in [4.69, 9.17) is 4.74 Å². The van der Waals surface area contributed by atoms with E-state index < -0.39 is 0 Å². The number of benzene rings is 1. The molecule has 4 nitrogen and oxygen atoms in total. The number of carbonyl (C=O) groups excluding carboxylic acids is 1. The molecular weight excluding hydrogens is 216 g/mol. The highest BCUT2D eigenvalue weighted by atomic mass is 16.5. The van der Waals surface area contributed by atoms with Crippen molar-refractivity contribution in [3.63, 3.8) is 0 Å². The van der Waals surface area contributed by atoms with Crippen molar-refractivity contribution < 1.29 is 9.53 Å². The Kier molecular flexibility index (Phi) is 5.49. The first kappa shape index (κ1) is 13.5. The van der Waals surface area contributed by atoms with Gasteiger partial charge in [0.05, 0.1) is 13.0 Å². The molecule has 0 spiro atoms. The summed E-state index contributed by atoms with van der Waals surface area (Å²) in [5.74, 6) is 0.781. The molecule has 0 aliphatic heterocycles. The van der Waals surface area contributed by atoms with Gasteiger partial charge in [-0.15, -0.1) is 0 Å². The van der Waals surface area contributed by atoms with Gasteiger partial charge in [-0.2, -0.15) is 0 Å². The van der Waals surface area contributed by atoms with Crippen molar-refractivity contribution in [2.45, 2.75) is 19.8 Å². The molecule has 17 heavy (non-hydrogen) atoms. The van der Waals surface area contributed by atoms with Crippen molar-refractivity contribution >= 4 is 5.91 Å². The first-order chi connectivity index (χ1) is 8.11. The quantitative estimate of drug-likeness (QED) is 0.763. The number of nitrogens with zero attached hydrogens (tertiary/aromatic N) is 1. The molecule has 0 bridgehead atoms. The molecule has 0 aliphatic carbocycles. The fraction of sp³-hybridized carbons (Fsp3) is 0.462. The van der Waals surface area contributed by atoms with Crippen LogP contribution in [0.4, 0.5) is 0 Å². The Labute approximate surface area is 103 Å². The monoisotopic (exact) mass is 236 g/mol. The molecule has 94 valence electrons. The second kappa shape index (κ2) is 6.91. The minimum absolute atomic E-state index is 0.0401. The molecule has 0 heterocycles. The summed E-state index contributed by atoms with van der Waals surface area (Å²) in [5.41, 5.74) is 3.90. The molecule has 1 amide bonds. The Hall–Kier alpha value is -1.55. The number of hydrogen-bond donors (Lipinski definition) is 1. The van der Waals surface area contributed by atoms with Gasteiger partial charge in [-0.1, -0.05) is 19.1 Å². The molecule has 1 aromatic rings. The fourth-order valence-electron chi connectivity index (χ4n) is 1.42. The van der Waals surface area contributed by atoms with Gasteiger partial charge >= 0.3 is 0 Å². The average molecular weight is 236 g/mol. The highest BCUT2D eigenvalue weighted by molar-refractivity contribution is 5.75. The van der Waals surface area contributed by atoms with E-state index in [9.17, 15) is 4.79 Å². The van der Waals surface area contributed by atoms with Gasteiger partial charge in [0.1, 0.15) is 5.75 Å². The van der Waals surface area contributed by atoms with Crippen LogP contribution in [-0.2, 0) is 11.2 Å². The van der Waals surface area contributed by atoms with Gasteiger partial charge in [0.25, 0.3) is 0 Å². The van der Waals surface area contributed by atoms with Crippen LogP contribution in [0.5, 0.6) is 5.75 Å². The van der Waals surface area contributed by atoms with E-state index in [2.05, 4.69) is 18.4 Å². The molecule has 0 saturated heterocycles. The summed E-state index contributed by atoms with van der Waals surface area (Å²) in [6, 6.07) is 7.94. The predicted molar refractivity (Wildman–Crippen MR) is 67.8 cm³/mol. The smallest absolute Gasteiger partial charge is 0.237 e. The van der Waals surface area contributed by atoms with Gasteiger partial charge < -0.3 is 4.74 Å². The third kappa shape index (κ3) is 5.36. The Morgan fingerprint density at radius 3 is 2.82 bits per heavy atom. The summed E-state index contributed by atoms with van der Waals surface area (Å²) >= 11 is 0. The summed E-state index contributed by atoms with van der Waals surface area (Å²) in [4.78, 5) is 11.3. The topological polar surface area (TPSA) is 41.6 Å². The minimum atomic E-state index is -0.0401. The Morgan fingerprint density at radius 2 is 2.18 bits per heavy atom. The number of rotatable bonds is 6. The maximum absolute atomic E-state index is 11.3. The van der Waals surface area contributed by atoms with Crippen LogP contribution in [0, 0.1) is 0 Å². The molecule has 0 atom stereocenters. The molecule has 1 aromatic carbocycles. The highest BCUT2D eigenvalue weighted by Crippen LogP contribution is 2.13. The number of hydrogen-bond acceptors (Lipinski definition) is 3. The molecular formula is C13H20N2O2. The molecule has 0 aliphatic rings. The lowest BCUT2D eigenvalue weighted by Crippen LogP contribution is -2.36. The van der Waals surface area contributed by atoms with E-state index in [-0.39, 0.29) is 5.91 Å². The molecule has 0 fully saturated rings. The maximum Gasteiger partial charge on any atom is 0.237 e. The van der Waals surface area contributed by atoms with E-state index in [0.717, 1.165) is 12.2 Å². The maximum atomic E-state index is 11.3. The van der Waals surface area contributed by atoms with E-state index in [1.807, 2.05) is 18.2 Å². The van der Waals surface area contributed by atoms with Crippen LogP contribution in [0.2, 0.25) is 0 Å². The second-order valence-electron chi connectivity index (χ2n) is 4.03. The molecule has 0 saturated carbocycles. The number of amides is 1. The molecule has 0 unspecified atom stereocenters. The van der Waals surface area contributed by atoms with Gasteiger partial charge in [0.2, 0.25) is 5.91 Å². The number of ether oxygens (including phenoxy) is 1. The van der Waals surface area contributed by atoms with Gasteiger partial charge in [-0.3, -0.25) is 10.2 Å². The van der Waals surface area contributed by atoms with Crippen molar-refractivity contribution in [2.24, 2.45) is 0 Å². The fourth-order valence-corrected chi connectivity index (χ4v) is 1.42. The van der Waals surface area contributed by atoms with Crippen LogP contribution in [-0.4, -0.2) is 31.6 Å². The normalized spacial score (nSPS) is 10.4. The number of aryl methyl sites for hydroxylation is 1. The number of carbonyl (C=O) groups is 1. The number of nitrogens with one attached hydrogen (secondary N) is 1. The molecule has 1 rings (SSSR count). The Morgan fingerprint density at radius 1 is 1.41 bits per heavy atom. The average Bonchev–Trinajstić information content (AvgIpc) is 2.28. The van der Waals surface area contributed by atoms with Crippen molar-refractivity contribution in [1.82, 2.24) is 10.4 Å². The SMILES string of the molecule is CCc1cccc(OCCC(=O)NN(C)C)c1. The van der Waals surface area contributed by atoms with Crippen LogP contribution in [0.25, 0.3) is 0 Å². The summed E-state index contributed by atoms with van der Waals surface area (Å²) < 4.78 is 5.52. The first-order valence-electron chi connectivity index (χ1n) is 5.80. The first-order valence-corrected chi connectivity index (χ1v) is 5.80. The molecule has 0 aromatic heterocycles. The van der Waals surface area contributed by atoms with Crippen LogP contribution in [0.3, 0.4) is 0 Å². The second-order valence-corrected chi connectivity index (χ2v) is 4.03. The van der Waals surface area contributed by atoms with E-state index in [1.54, 1.807) is 19.1 Å². The summed E-state index contributed by atoms with van der Waals surface area (Å²) in [6.45, 7) is 2.50. The summed E-state index contributed by atoms with van der Waals surface area (Å²) in [6.07, 6.45) is 1.34. The lowest BCUT2D eigenvalue weighted by molar-refractivity contribution is -0.125. The van der Waals surface area contributed by atoms with Crippen LogP contribution in [0.1, 0.15) is 18.9 Å². The van der Waals surface area contributed by atoms with Crippen molar-refractivity contribution in [2.75, 3.05) is 20.7 Å². The van der Waals surface area contributed by atoms with E-state index in [0.29, 0.717) is 13.0 Å². The Bertz CT molecular complexity index is 364. The molecule has 0 radical (unpaired) electrons. The standard InChI is InChI=1S/C13H20N2O2/c1-4-11-6-5-7-12(10-11)17-9-8-13(16)14-15(2)3/h5-7,10H,4,8-9H2,1-3H3,(H,14,16). The van der Waals surface area contributed by atoms with Crippen molar-refractivity contribution in [1.29, 1.82) is 0 Å². The Balaban J connectivity index is 2.32. The third-order valence-corrected chi connectivity index (χ3v) is 2.25. The van der Waals surface area contributed by atoms with E-state index >= 15 is 0 Å². The lowest BCUT2D eigenvalue weighted by Gasteiger charge is -2.12. The largest absolute Gasteiger partial charge is 0.493 e. The summed E-state index contributed by atoms with van der Waals surface area (Å²) in [7, 11) is 3.56. The van der Waals surface area contributed by atoms with Crippen molar-refractivity contribution in [3.05, 3.63) is 29.8 Å². The minimum Gasteiger partial charge on any atom is -0.493 e. The molecule has 4 heteroatoms. The van der Waals surface area contributed by atoms with Crippen LogP contribution < -0.4 is 10.2 Å². The lowest BCUT2D eigenvalue weighted by atomic mass is 10.2. The number of hydrazine groups is 1. The van der Waals surface area contributed by atoms with Gasteiger partial charge in [0.15, 0.2) is 0 Å². The summed E-state index contributed by atoms with van der Waals surface area (Å²) in [5, 5.41) is 1.63. The highest BCUT2D eigenvalue weighted by Gasteiger charge is 2.02. The van der Waals surface area contributed by atoms with Crippen LogP contribution >= 0.6 is 0 Å². The zero-order valence-electron chi connectivity index (χ0n) is 10.7. The van der Waals surface area contributed by atoms with Crippen molar-refractivity contribution in [3.8, 4) is 5.75 Å². The molecule has 1 N–H and O–H groups in total. The zero-order chi connectivity index (χ0) is 12.7. The zero-order valence-corrected chi connectivity index (χ0v) is 10.7. The third-order valence-electron chi connectivity index (χ3n) is 2.25. The van der Waals surface area contributed by atoms with Gasteiger partial charge in [0, 0.05) is 14.1 Å².